The maximum absolute atomic E-state index is 11.1. The van der Waals surface area contributed by atoms with Crippen molar-refractivity contribution in [2.45, 2.75) is 12.3 Å². The van der Waals surface area contributed by atoms with Gasteiger partial charge in [-0.15, -0.1) is 0 Å². The maximum Gasteiger partial charge on any atom is 0.239 e. The lowest BCUT2D eigenvalue weighted by atomic mass is 9.88. The standard InChI is InChI=1S/C15H14NO/c16-15(17)11-14(12-7-3-1-4-8-12)13-9-5-2-6-10-13/h1-10,14,16H,11H2. The largest absolute Gasteiger partial charge is 0.273 e. The van der Waals surface area contributed by atoms with E-state index >= 15 is 0 Å². The van der Waals surface area contributed by atoms with Crippen LogP contribution in [0, 0.1) is 0 Å². The Balaban J connectivity index is 2.36. The first-order valence-electron chi connectivity index (χ1n) is 5.61. The lowest BCUT2D eigenvalue weighted by molar-refractivity contribution is -0.118. The molecule has 0 aliphatic rings. The fourth-order valence-electron chi connectivity index (χ4n) is 1.98. The fraction of sp³-hybridized carbons (Fsp3) is 0.133. The van der Waals surface area contributed by atoms with Crippen molar-refractivity contribution >= 4 is 5.91 Å². The van der Waals surface area contributed by atoms with Gasteiger partial charge in [0.05, 0.1) is 0 Å². The number of carbonyl (C=O) groups is 1. The summed E-state index contributed by atoms with van der Waals surface area (Å²) in [6.45, 7) is 0. The minimum absolute atomic E-state index is 0.0117. The third kappa shape index (κ3) is 2.94. The summed E-state index contributed by atoms with van der Waals surface area (Å²) in [5, 5.41) is 0. The van der Waals surface area contributed by atoms with Gasteiger partial charge in [0.2, 0.25) is 5.91 Å². The van der Waals surface area contributed by atoms with Gasteiger partial charge in [0.1, 0.15) is 0 Å². The van der Waals surface area contributed by atoms with E-state index in [-0.39, 0.29) is 12.3 Å². The quantitative estimate of drug-likeness (QED) is 0.787. The molecule has 0 aromatic heterocycles. The van der Waals surface area contributed by atoms with Gasteiger partial charge in [-0.2, -0.15) is 0 Å². The molecule has 1 amide bonds. The second-order valence-electron chi connectivity index (χ2n) is 4.00. The molecule has 0 bridgehead atoms. The highest BCUT2D eigenvalue weighted by Gasteiger charge is 2.16. The predicted octanol–water partition coefficient (Wildman–Crippen LogP) is 3.02. The summed E-state index contributed by atoms with van der Waals surface area (Å²) in [4.78, 5) is 11.1. The number of rotatable bonds is 4. The van der Waals surface area contributed by atoms with Crippen LogP contribution in [0.2, 0.25) is 0 Å². The molecule has 2 nitrogen and oxygen atoms in total. The van der Waals surface area contributed by atoms with Crippen molar-refractivity contribution in [3.05, 3.63) is 71.8 Å². The SMILES string of the molecule is [NH]C(=O)CC(c1ccccc1)c1ccccc1. The van der Waals surface area contributed by atoms with Crippen LogP contribution in [0.15, 0.2) is 60.7 Å². The average molecular weight is 224 g/mol. The van der Waals surface area contributed by atoms with Crippen LogP contribution in [0.3, 0.4) is 0 Å². The van der Waals surface area contributed by atoms with Crippen LogP contribution in [0.4, 0.5) is 0 Å². The minimum atomic E-state index is -0.525. The van der Waals surface area contributed by atoms with E-state index in [1.807, 2.05) is 60.7 Å². The first-order valence-corrected chi connectivity index (χ1v) is 5.61. The van der Waals surface area contributed by atoms with Gasteiger partial charge in [0.25, 0.3) is 0 Å². The van der Waals surface area contributed by atoms with Gasteiger partial charge in [-0.1, -0.05) is 60.7 Å². The van der Waals surface area contributed by atoms with Crippen molar-refractivity contribution in [1.82, 2.24) is 5.73 Å². The summed E-state index contributed by atoms with van der Waals surface area (Å²) < 4.78 is 0. The van der Waals surface area contributed by atoms with Crippen molar-refractivity contribution in [1.29, 1.82) is 0 Å². The van der Waals surface area contributed by atoms with E-state index in [1.165, 1.54) is 0 Å². The van der Waals surface area contributed by atoms with Crippen LogP contribution in [0.1, 0.15) is 23.5 Å². The predicted molar refractivity (Wildman–Crippen MR) is 67.4 cm³/mol. The molecule has 17 heavy (non-hydrogen) atoms. The van der Waals surface area contributed by atoms with Crippen LogP contribution in [0.25, 0.3) is 0 Å². The topological polar surface area (TPSA) is 40.9 Å². The highest BCUT2D eigenvalue weighted by Crippen LogP contribution is 2.27. The van der Waals surface area contributed by atoms with E-state index in [2.05, 4.69) is 0 Å². The number of benzene rings is 2. The van der Waals surface area contributed by atoms with Crippen molar-refractivity contribution in [2.75, 3.05) is 0 Å². The summed E-state index contributed by atoms with van der Waals surface area (Å²) >= 11 is 0. The Morgan fingerprint density at radius 1 is 0.882 bits per heavy atom. The van der Waals surface area contributed by atoms with Gasteiger partial charge in [-0.3, -0.25) is 10.5 Å². The molecule has 0 aliphatic carbocycles. The smallest absolute Gasteiger partial charge is 0.239 e. The van der Waals surface area contributed by atoms with E-state index in [9.17, 15) is 4.79 Å². The Morgan fingerprint density at radius 2 is 1.29 bits per heavy atom. The van der Waals surface area contributed by atoms with Crippen LogP contribution in [0.5, 0.6) is 0 Å². The van der Waals surface area contributed by atoms with Crippen molar-refractivity contribution < 1.29 is 4.79 Å². The second kappa shape index (κ2) is 5.30. The molecule has 0 aliphatic heterocycles. The van der Waals surface area contributed by atoms with Gasteiger partial charge >= 0.3 is 0 Å². The molecule has 0 unspecified atom stereocenters. The first kappa shape index (κ1) is 11.4. The molecule has 2 heteroatoms. The Kier molecular flexibility index (Phi) is 3.55. The minimum Gasteiger partial charge on any atom is -0.273 e. The van der Waals surface area contributed by atoms with Gasteiger partial charge < -0.3 is 0 Å². The molecule has 85 valence electrons. The van der Waals surface area contributed by atoms with Gasteiger partial charge in [-0.05, 0) is 11.1 Å². The van der Waals surface area contributed by atoms with Crippen molar-refractivity contribution in [3.63, 3.8) is 0 Å². The van der Waals surface area contributed by atoms with E-state index in [0.717, 1.165) is 11.1 Å². The third-order valence-corrected chi connectivity index (χ3v) is 2.79. The molecule has 2 rings (SSSR count). The zero-order chi connectivity index (χ0) is 12.1. The van der Waals surface area contributed by atoms with Gasteiger partial charge in [0.15, 0.2) is 0 Å². The fourth-order valence-corrected chi connectivity index (χ4v) is 1.98. The monoisotopic (exact) mass is 224 g/mol. The Morgan fingerprint density at radius 3 is 1.65 bits per heavy atom. The van der Waals surface area contributed by atoms with Crippen molar-refractivity contribution in [3.8, 4) is 0 Å². The highest BCUT2D eigenvalue weighted by molar-refractivity contribution is 5.74. The number of nitrogens with one attached hydrogen (secondary N) is 1. The highest BCUT2D eigenvalue weighted by atomic mass is 16.1. The molecule has 0 atom stereocenters. The van der Waals surface area contributed by atoms with Gasteiger partial charge in [-0.25, -0.2) is 0 Å². The number of amides is 1. The third-order valence-electron chi connectivity index (χ3n) is 2.79. The Bertz CT molecular complexity index is 439. The molecule has 0 saturated carbocycles. The normalized spacial score (nSPS) is 10.4. The molecular formula is C15H14NO. The van der Waals surface area contributed by atoms with Crippen LogP contribution in [-0.2, 0) is 4.79 Å². The van der Waals surface area contributed by atoms with E-state index in [1.54, 1.807) is 0 Å². The summed E-state index contributed by atoms with van der Waals surface area (Å²) in [5.74, 6) is -0.537. The molecule has 0 spiro atoms. The summed E-state index contributed by atoms with van der Waals surface area (Å²) in [5.41, 5.74) is 9.33. The van der Waals surface area contributed by atoms with Gasteiger partial charge in [0, 0.05) is 12.3 Å². The van der Waals surface area contributed by atoms with E-state index in [0.29, 0.717) is 0 Å². The maximum atomic E-state index is 11.1. The zero-order valence-corrected chi connectivity index (χ0v) is 9.47. The van der Waals surface area contributed by atoms with Crippen molar-refractivity contribution in [2.24, 2.45) is 0 Å². The molecule has 0 fully saturated rings. The van der Waals surface area contributed by atoms with Crippen LogP contribution >= 0.6 is 0 Å². The first-order chi connectivity index (χ1) is 8.27. The molecule has 1 N–H and O–H groups in total. The number of hydrogen-bond acceptors (Lipinski definition) is 1. The number of hydrogen-bond donors (Lipinski definition) is 0. The van der Waals surface area contributed by atoms with E-state index < -0.39 is 5.91 Å². The molecule has 0 heterocycles. The molecular weight excluding hydrogens is 210 g/mol. The summed E-state index contributed by atoms with van der Waals surface area (Å²) in [6.07, 6.45) is 0.230. The molecule has 1 radical (unpaired) electrons. The average Bonchev–Trinajstić information content (AvgIpc) is 2.38. The number of carbonyl (C=O) groups excluding carboxylic acids is 1. The summed E-state index contributed by atoms with van der Waals surface area (Å²) in [6, 6.07) is 19.7. The Hall–Kier alpha value is -2.09. The second-order valence-corrected chi connectivity index (χ2v) is 4.00. The van der Waals surface area contributed by atoms with E-state index in [4.69, 9.17) is 5.73 Å². The summed E-state index contributed by atoms with van der Waals surface area (Å²) in [7, 11) is 0. The Labute approximate surface area is 101 Å². The molecule has 0 saturated heterocycles. The lowest BCUT2D eigenvalue weighted by Crippen LogP contribution is -2.08. The van der Waals surface area contributed by atoms with Crippen LogP contribution < -0.4 is 5.73 Å². The molecule has 2 aromatic rings. The lowest BCUT2D eigenvalue weighted by Gasteiger charge is -2.15. The molecule has 2 aromatic carbocycles. The van der Waals surface area contributed by atoms with Crippen LogP contribution in [-0.4, -0.2) is 5.91 Å². The zero-order valence-electron chi connectivity index (χ0n) is 9.47.